The molecule has 0 aromatic carbocycles. The monoisotopic (exact) mass is 343 g/mol. The van der Waals surface area contributed by atoms with Gasteiger partial charge in [-0.15, -0.1) is 0 Å². The van der Waals surface area contributed by atoms with Crippen molar-refractivity contribution in [3.63, 3.8) is 0 Å². The molecule has 25 heavy (non-hydrogen) atoms. The van der Waals surface area contributed by atoms with Gasteiger partial charge < -0.3 is 10.2 Å². The van der Waals surface area contributed by atoms with Crippen molar-refractivity contribution < 1.29 is 4.79 Å². The number of nitrogens with one attached hydrogen (secondary N) is 1. The summed E-state index contributed by atoms with van der Waals surface area (Å²) in [6.07, 6.45) is 8.32. The van der Waals surface area contributed by atoms with E-state index in [1.807, 2.05) is 17.0 Å². The number of hydrogen-bond acceptors (Lipinski definition) is 3. The molecule has 1 aliphatic heterocycles. The number of urea groups is 1. The summed E-state index contributed by atoms with van der Waals surface area (Å²) < 4.78 is 3.39. The topological polar surface area (TPSA) is 72.2 Å². The van der Waals surface area contributed by atoms with E-state index < -0.39 is 0 Å². The lowest BCUT2D eigenvalue weighted by atomic mass is 9.96. The van der Waals surface area contributed by atoms with Gasteiger partial charge in [0.15, 0.2) is 5.65 Å². The molecule has 0 unspecified atom stereocenters. The van der Waals surface area contributed by atoms with Crippen molar-refractivity contribution in [2.24, 2.45) is 7.05 Å². The van der Waals surface area contributed by atoms with Crippen LogP contribution in [0.5, 0.6) is 0 Å². The van der Waals surface area contributed by atoms with E-state index in [9.17, 15) is 9.59 Å². The number of carbonyl (C=O) groups excluding carboxylic acids is 1. The van der Waals surface area contributed by atoms with Gasteiger partial charge in [-0.2, -0.15) is 0 Å². The van der Waals surface area contributed by atoms with Crippen LogP contribution in [-0.2, 0) is 7.05 Å². The van der Waals surface area contributed by atoms with Crippen LogP contribution in [0.2, 0.25) is 0 Å². The van der Waals surface area contributed by atoms with E-state index in [0.29, 0.717) is 24.8 Å². The first-order valence-electron chi connectivity index (χ1n) is 9.22. The summed E-state index contributed by atoms with van der Waals surface area (Å²) in [5.41, 5.74) is 1.47. The molecule has 4 rings (SSSR count). The number of nitrogens with zero attached hydrogens (tertiary/aromatic N) is 4. The highest BCUT2D eigenvalue weighted by Gasteiger charge is 2.31. The smallest absolute Gasteiger partial charge is 0.330 e. The Morgan fingerprint density at radius 2 is 2.04 bits per heavy atom. The fourth-order valence-corrected chi connectivity index (χ4v) is 4.17. The largest absolute Gasteiger partial charge is 0.335 e. The Labute approximate surface area is 146 Å². The van der Waals surface area contributed by atoms with E-state index in [1.165, 1.54) is 19.3 Å². The Morgan fingerprint density at radius 1 is 1.24 bits per heavy atom. The fraction of sp³-hybridized carbons (Fsp3) is 0.611. The van der Waals surface area contributed by atoms with Crippen LogP contribution in [0.25, 0.3) is 11.2 Å². The van der Waals surface area contributed by atoms with Crippen LogP contribution >= 0.6 is 0 Å². The van der Waals surface area contributed by atoms with Crippen molar-refractivity contribution in [3.05, 3.63) is 28.8 Å². The molecule has 2 amide bonds. The quantitative estimate of drug-likeness (QED) is 0.907. The van der Waals surface area contributed by atoms with E-state index in [4.69, 9.17) is 0 Å². The lowest BCUT2D eigenvalue weighted by Gasteiger charge is -2.26. The molecule has 0 spiro atoms. The summed E-state index contributed by atoms with van der Waals surface area (Å²) in [6.45, 7) is 1.24. The molecule has 0 radical (unpaired) electrons. The predicted molar refractivity (Wildman–Crippen MR) is 95.6 cm³/mol. The summed E-state index contributed by atoms with van der Waals surface area (Å²) in [6, 6.07) is 4.05. The molecule has 7 nitrogen and oxygen atoms in total. The van der Waals surface area contributed by atoms with Gasteiger partial charge in [-0.3, -0.25) is 9.13 Å². The molecular formula is C18H25N5O2. The molecule has 2 aromatic heterocycles. The third-order valence-electron chi connectivity index (χ3n) is 5.60. The summed E-state index contributed by atoms with van der Waals surface area (Å²) in [4.78, 5) is 31.4. The number of aryl methyl sites for hydroxylation is 1. The zero-order valence-electron chi connectivity index (χ0n) is 14.6. The average Bonchev–Trinajstić information content (AvgIpc) is 3.20. The first-order valence-corrected chi connectivity index (χ1v) is 9.22. The van der Waals surface area contributed by atoms with Crippen molar-refractivity contribution in [1.29, 1.82) is 0 Å². The Hall–Kier alpha value is -2.31. The number of amides is 2. The number of carbonyl (C=O) groups is 1. The normalized spacial score (nSPS) is 21.8. The van der Waals surface area contributed by atoms with Gasteiger partial charge in [0.05, 0.1) is 11.6 Å². The number of fused-ring (bicyclic) bond motifs is 1. The van der Waals surface area contributed by atoms with Crippen LogP contribution in [0.3, 0.4) is 0 Å². The standard InChI is InChI=1S/C18H25N5O2/c1-21-15-8-5-10-19-16(15)23(18(21)25)14-9-11-22(12-14)17(24)20-13-6-3-2-4-7-13/h5,8,10,13-14H,2-4,6-7,9,11-12H2,1H3,(H,20,24)/t14-/m1/s1. The molecule has 3 heterocycles. The van der Waals surface area contributed by atoms with Gasteiger partial charge in [0.2, 0.25) is 0 Å². The lowest BCUT2D eigenvalue weighted by Crippen LogP contribution is -2.44. The third kappa shape index (κ3) is 2.92. The van der Waals surface area contributed by atoms with Gasteiger partial charge in [-0.25, -0.2) is 14.6 Å². The Morgan fingerprint density at radius 3 is 2.84 bits per heavy atom. The molecule has 0 bridgehead atoms. The van der Waals surface area contributed by atoms with Gasteiger partial charge in [-0.05, 0) is 31.4 Å². The minimum Gasteiger partial charge on any atom is -0.335 e. The molecule has 2 fully saturated rings. The van der Waals surface area contributed by atoms with Crippen LogP contribution in [0, 0.1) is 0 Å². The highest BCUT2D eigenvalue weighted by Crippen LogP contribution is 2.24. The van der Waals surface area contributed by atoms with E-state index in [0.717, 1.165) is 24.8 Å². The molecule has 134 valence electrons. The predicted octanol–water partition coefficient (Wildman–Crippen LogP) is 2.02. The summed E-state index contributed by atoms with van der Waals surface area (Å²) >= 11 is 0. The Bertz CT molecular complexity index is 834. The van der Waals surface area contributed by atoms with Gasteiger partial charge in [0, 0.05) is 32.4 Å². The van der Waals surface area contributed by atoms with Crippen molar-refractivity contribution in [1.82, 2.24) is 24.3 Å². The van der Waals surface area contributed by atoms with Crippen LogP contribution < -0.4 is 11.0 Å². The van der Waals surface area contributed by atoms with Crippen molar-refractivity contribution in [2.45, 2.75) is 50.6 Å². The highest BCUT2D eigenvalue weighted by atomic mass is 16.2. The highest BCUT2D eigenvalue weighted by molar-refractivity contribution is 5.75. The van der Waals surface area contributed by atoms with E-state index in [-0.39, 0.29) is 17.8 Å². The van der Waals surface area contributed by atoms with Crippen molar-refractivity contribution >= 4 is 17.2 Å². The van der Waals surface area contributed by atoms with E-state index >= 15 is 0 Å². The van der Waals surface area contributed by atoms with Gasteiger partial charge in [0.1, 0.15) is 0 Å². The fourth-order valence-electron chi connectivity index (χ4n) is 4.17. The maximum atomic E-state index is 12.6. The first kappa shape index (κ1) is 16.2. The molecule has 2 aromatic rings. The second-order valence-corrected chi connectivity index (χ2v) is 7.23. The molecule has 1 aliphatic carbocycles. The number of hydrogen-bond donors (Lipinski definition) is 1. The van der Waals surface area contributed by atoms with Gasteiger partial charge >= 0.3 is 11.7 Å². The molecule has 1 atom stereocenters. The minimum atomic E-state index is -0.0618. The molecule has 2 aliphatic rings. The van der Waals surface area contributed by atoms with Gasteiger partial charge in [0.25, 0.3) is 0 Å². The second-order valence-electron chi connectivity index (χ2n) is 7.23. The number of likely N-dealkylation sites (tertiary alicyclic amines) is 1. The van der Waals surface area contributed by atoms with Crippen molar-refractivity contribution in [3.8, 4) is 0 Å². The van der Waals surface area contributed by atoms with Crippen LogP contribution in [0.1, 0.15) is 44.6 Å². The molecular weight excluding hydrogens is 318 g/mol. The average molecular weight is 343 g/mol. The summed E-state index contributed by atoms with van der Waals surface area (Å²) in [5, 5.41) is 3.17. The Kier molecular flexibility index (Phi) is 4.23. The maximum Gasteiger partial charge on any atom is 0.330 e. The number of imidazole rings is 1. The van der Waals surface area contributed by atoms with Crippen LogP contribution in [0.4, 0.5) is 4.79 Å². The van der Waals surface area contributed by atoms with Crippen LogP contribution in [-0.4, -0.2) is 44.2 Å². The number of aromatic nitrogens is 3. The SMILES string of the molecule is Cn1c(=O)n([C@@H]2CCN(C(=O)NC3CCCCC3)C2)c2ncccc21. The minimum absolute atomic E-state index is 0.00986. The second kappa shape index (κ2) is 6.54. The van der Waals surface area contributed by atoms with E-state index in [2.05, 4.69) is 10.3 Å². The number of pyridine rings is 1. The zero-order chi connectivity index (χ0) is 17.4. The zero-order valence-corrected chi connectivity index (χ0v) is 14.6. The Balaban J connectivity index is 1.50. The van der Waals surface area contributed by atoms with E-state index in [1.54, 1.807) is 22.4 Å². The molecule has 7 heteroatoms. The maximum absolute atomic E-state index is 12.6. The van der Waals surface area contributed by atoms with Crippen LogP contribution in [0.15, 0.2) is 23.1 Å². The summed E-state index contributed by atoms with van der Waals surface area (Å²) in [5.74, 6) is 0. The third-order valence-corrected chi connectivity index (χ3v) is 5.60. The van der Waals surface area contributed by atoms with Crippen molar-refractivity contribution in [2.75, 3.05) is 13.1 Å². The molecule has 1 N–H and O–H groups in total. The molecule has 1 saturated heterocycles. The lowest BCUT2D eigenvalue weighted by molar-refractivity contribution is 0.199. The molecule has 1 saturated carbocycles. The van der Waals surface area contributed by atoms with Gasteiger partial charge in [-0.1, -0.05) is 19.3 Å². The first-order chi connectivity index (χ1) is 12.1. The summed E-state index contributed by atoms with van der Waals surface area (Å²) in [7, 11) is 1.77. The number of rotatable bonds is 2.